The van der Waals surface area contributed by atoms with Gasteiger partial charge in [-0.1, -0.05) is 30.3 Å². The molecule has 0 heterocycles. The lowest BCUT2D eigenvalue weighted by atomic mass is 10.1. The van der Waals surface area contributed by atoms with Crippen LogP contribution in [0.3, 0.4) is 0 Å². The molecule has 0 atom stereocenters. The van der Waals surface area contributed by atoms with Crippen LogP contribution in [0.4, 0.5) is 0 Å². The van der Waals surface area contributed by atoms with E-state index >= 15 is 0 Å². The SMILES string of the molecule is CC(=O)OCC(=O)NNC(=O)CC(=O)Cc1ccccc1. The molecule has 0 aromatic heterocycles. The van der Waals surface area contributed by atoms with Crippen molar-refractivity contribution in [1.29, 1.82) is 0 Å². The second kappa shape index (κ2) is 8.47. The number of nitrogens with one attached hydrogen (secondary N) is 2. The lowest BCUT2D eigenvalue weighted by Crippen LogP contribution is -2.44. The van der Waals surface area contributed by atoms with Gasteiger partial charge in [0.15, 0.2) is 6.61 Å². The van der Waals surface area contributed by atoms with Crippen LogP contribution >= 0.6 is 0 Å². The molecule has 0 fully saturated rings. The zero-order chi connectivity index (χ0) is 15.7. The molecule has 0 bridgehead atoms. The molecule has 2 amide bonds. The van der Waals surface area contributed by atoms with E-state index in [0.29, 0.717) is 0 Å². The summed E-state index contributed by atoms with van der Waals surface area (Å²) in [6, 6.07) is 9.02. The van der Waals surface area contributed by atoms with Gasteiger partial charge >= 0.3 is 5.97 Å². The molecule has 0 aliphatic heterocycles. The first-order valence-corrected chi connectivity index (χ1v) is 6.24. The number of rotatable bonds is 6. The van der Waals surface area contributed by atoms with Crippen LogP contribution in [0.15, 0.2) is 30.3 Å². The lowest BCUT2D eigenvalue weighted by Gasteiger charge is -2.07. The van der Waals surface area contributed by atoms with Gasteiger partial charge in [0.25, 0.3) is 5.91 Å². The highest BCUT2D eigenvalue weighted by atomic mass is 16.5. The predicted octanol–water partition coefficient (Wildman–Crippen LogP) is -0.101. The fourth-order valence-electron chi connectivity index (χ4n) is 1.45. The molecule has 1 rings (SSSR count). The summed E-state index contributed by atoms with van der Waals surface area (Å²) in [5.41, 5.74) is 4.93. The van der Waals surface area contributed by atoms with E-state index in [9.17, 15) is 19.2 Å². The van der Waals surface area contributed by atoms with Crippen molar-refractivity contribution < 1.29 is 23.9 Å². The summed E-state index contributed by atoms with van der Waals surface area (Å²) >= 11 is 0. The lowest BCUT2D eigenvalue weighted by molar-refractivity contribution is -0.146. The van der Waals surface area contributed by atoms with E-state index in [1.165, 1.54) is 0 Å². The van der Waals surface area contributed by atoms with Crippen molar-refractivity contribution in [2.24, 2.45) is 0 Å². The van der Waals surface area contributed by atoms with E-state index < -0.39 is 24.4 Å². The Hall–Kier alpha value is -2.70. The van der Waals surface area contributed by atoms with Gasteiger partial charge in [-0.05, 0) is 5.56 Å². The van der Waals surface area contributed by atoms with Gasteiger partial charge in [0.05, 0.1) is 6.42 Å². The second-order valence-electron chi connectivity index (χ2n) is 4.25. The van der Waals surface area contributed by atoms with Gasteiger partial charge in [0.1, 0.15) is 5.78 Å². The molecule has 2 N–H and O–H groups in total. The summed E-state index contributed by atoms with van der Waals surface area (Å²) in [6.07, 6.45) is -0.196. The number of hydrogen-bond acceptors (Lipinski definition) is 5. The molecular formula is C14H16N2O5. The van der Waals surface area contributed by atoms with Gasteiger partial charge in [0.2, 0.25) is 5.91 Å². The molecule has 0 unspecified atom stereocenters. The van der Waals surface area contributed by atoms with Crippen LogP contribution in [-0.4, -0.2) is 30.2 Å². The van der Waals surface area contributed by atoms with Gasteiger partial charge in [-0.2, -0.15) is 0 Å². The van der Waals surface area contributed by atoms with Crippen LogP contribution in [0, 0.1) is 0 Å². The Kier molecular flexibility index (Phi) is 6.59. The normalized spacial score (nSPS) is 9.57. The minimum Gasteiger partial charge on any atom is -0.456 e. The number of benzene rings is 1. The third-order valence-electron chi connectivity index (χ3n) is 2.35. The fourth-order valence-corrected chi connectivity index (χ4v) is 1.45. The Labute approximate surface area is 121 Å². The number of amides is 2. The molecule has 0 radical (unpaired) electrons. The average Bonchev–Trinajstić information content (AvgIpc) is 2.43. The minimum absolute atomic E-state index is 0.148. The van der Waals surface area contributed by atoms with Gasteiger partial charge in [-0.25, -0.2) is 0 Å². The molecule has 7 nitrogen and oxygen atoms in total. The van der Waals surface area contributed by atoms with Gasteiger partial charge in [-0.3, -0.25) is 30.0 Å². The highest BCUT2D eigenvalue weighted by Gasteiger charge is 2.11. The summed E-state index contributed by atoms with van der Waals surface area (Å²) in [7, 11) is 0. The Morgan fingerprint density at radius 1 is 1.00 bits per heavy atom. The van der Waals surface area contributed by atoms with Gasteiger partial charge in [0, 0.05) is 13.3 Å². The van der Waals surface area contributed by atoms with Crippen LogP contribution < -0.4 is 10.9 Å². The molecule has 0 spiro atoms. The summed E-state index contributed by atoms with van der Waals surface area (Å²) in [5, 5.41) is 0. The van der Waals surface area contributed by atoms with E-state index in [4.69, 9.17) is 0 Å². The van der Waals surface area contributed by atoms with Crippen LogP contribution in [0.25, 0.3) is 0 Å². The highest BCUT2D eigenvalue weighted by Crippen LogP contribution is 2.01. The molecule has 1 aromatic carbocycles. The van der Waals surface area contributed by atoms with Crippen molar-refractivity contribution in [2.75, 3.05) is 6.61 Å². The highest BCUT2D eigenvalue weighted by molar-refractivity contribution is 5.99. The van der Waals surface area contributed by atoms with Gasteiger partial charge < -0.3 is 4.74 Å². The monoisotopic (exact) mass is 292 g/mol. The zero-order valence-corrected chi connectivity index (χ0v) is 11.5. The van der Waals surface area contributed by atoms with Crippen LogP contribution in [0.2, 0.25) is 0 Å². The number of Topliss-reactive ketones (excluding diaryl/α,β-unsaturated/α-hetero) is 1. The smallest absolute Gasteiger partial charge is 0.303 e. The molecule has 112 valence electrons. The van der Waals surface area contributed by atoms with Crippen molar-refractivity contribution in [3.05, 3.63) is 35.9 Å². The molecule has 0 saturated heterocycles. The molecule has 21 heavy (non-hydrogen) atoms. The number of carbonyl (C=O) groups excluding carboxylic acids is 4. The van der Waals surface area contributed by atoms with Crippen molar-refractivity contribution in [2.45, 2.75) is 19.8 Å². The fraction of sp³-hybridized carbons (Fsp3) is 0.286. The van der Waals surface area contributed by atoms with Crippen LogP contribution in [0.5, 0.6) is 0 Å². The van der Waals surface area contributed by atoms with E-state index in [-0.39, 0.29) is 18.6 Å². The Bertz CT molecular complexity index is 527. The van der Waals surface area contributed by atoms with Crippen molar-refractivity contribution >= 4 is 23.6 Å². The third-order valence-corrected chi connectivity index (χ3v) is 2.35. The zero-order valence-electron chi connectivity index (χ0n) is 11.5. The quantitative estimate of drug-likeness (QED) is 0.433. The average molecular weight is 292 g/mol. The number of ketones is 1. The third kappa shape index (κ3) is 7.46. The molecular weight excluding hydrogens is 276 g/mol. The van der Waals surface area contributed by atoms with E-state index in [1.807, 2.05) is 11.5 Å². The number of esters is 1. The summed E-state index contributed by atoms with van der Waals surface area (Å²) in [5.74, 6) is -2.19. The van der Waals surface area contributed by atoms with Crippen LogP contribution in [0.1, 0.15) is 18.9 Å². The van der Waals surface area contributed by atoms with Crippen molar-refractivity contribution in [3.63, 3.8) is 0 Å². The number of ether oxygens (including phenoxy) is 1. The molecule has 0 saturated carbocycles. The molecule has 0 aliphatic carbocycles. The minimum atomic E-state index is -0.686. The van der Waals surface area contributed by atoms with Crippen molar-refractivity contribution in [3.8, 4) is 0 Å². The molecule has 7 heteroatoms. The maximum absolute atomic E-state index is 11.6. The van der Waals surface area contributed by atoms with Crippen LogP contribution in [-0.2, 0) is 30.3 Å². The van der Waals surface area contributed by atoms with Gasteiger partial charge in [-0.15, -0.1) is 0 Å². The Balaban J connectivity index is 2.25. The maximum atomic E-state index is 11.6. The first kappa shape index (κ1) is 16.4. The molecule has 1 aromatic rings. The maximum Gasteiger partial charge on any atom is 0.303 e. The first-order valence-electron chi connectivity index (χ1n) is 6.24. The predicted molar refractivity (Wildman–Crippen MR) is 72.7 cm³/mol. The van der Waals surface area contributed by atoms with Crippen molar-refractivity contribution in [1.82, 2.24) is 10.9 Å². The summed E-state index contributed by atoms with van der Waals surface area (Å²) < 4.78 is 4.43. The van der Waals surface area contributed by atoms with E-state index in [1.54, 1.807) is 24.3 Å². The first-order chi connectivity index (χ1) is 9.97. The van der Waals surface area contributed by atoms with E-state index in [2.05, 4.69) is 10.2 Å². The Morgan fingerprint density at radius 3 is 2.24 bits per heavy atom. The number of hydrogen-bond donors (Lipinski definition) is 2. The topological polar surface area (TPSA) is 102 Å². The largest absolute Gasteiger partial charge is 0.456 e. The standard InChI is InChI=1S/C14H16N2O5/c1-10(17)21-9-14(20)16-15-13(19)8-12(18)7-11-5-3-2-4-6-11/h2-6H,7-9H2,1H3,(H,15,19)(H,16,20). The number of carbonyl (C=O) groups is 4. The Morgan fingerprint density at radius 2 is 1.62 bits per heavy atom. The van der Waals surface area contributed by atoms with E-state index in [0.717, 1.165) is 12.5 Å². The molecule has 0 aliphatic rings. The summed E-state index contributed by atoms with van der Waals surface area (Å²) in [4.78, 5) is 44.7. The number of hydrazine groups is 1. The second-order valence-corrected chi connectivity index (χ2v) is 4.25. The summed E-state index contributed by atoms with van der Waals surface area (Å²) in [6.45, 7) is 0.668.